The van der Waals surface area contributed by atoms with Gasteiger partial charge in [0.25, 0.3) is 11.8 Å². The summed E-state index contributed by atoms with van der Waals surface area (Å²) in [6.45, 7) is 0.315. The number of amides is 2. The van der Waals surface area contributed by atoms with E-state index in [1.807, 2.05) is 60.7 Å². The highest BCUT2D eigenvalue weighted by molar-refractivity contribution is 6.08. The zero-order valence-corrected chi connectivity index (χ0v) is 25.7. The molecule has 0 saturated carbocycles. The molecule has 0 atom stereocenters. The van der Waals surface area contributed by atoms with E-state index in [-0.39, 0.29) is 24.9 Å². The monoisotopic (exact) mass is 600 g/mol. The number of hydrogen-bond acceptors (Lipinski definition) is 8. The Bertz CT molecular complexity index is 1410. The van der Waals surface area contributed by atoms with E-state index in [1.54, 1.807) is 34.1 Å². The van der Waals surface area contributed by atoms with Gasteiger partial charge >= 0.3 is 0 Å². The number of anilines is 2. The maximum Gasteiger partial charge on any atom is 0.258 e. The maximum absolute atomic E-state index is 14.1. The molecule has 0 heterocycles. The third-order valence-electron chi connectivity index (χ3n) is 7.00. The van der Waals surface area contributed by atoms with Crippen LogP contribution in [0.15, 0.2) is 84.9 Å². The lowest BCUT2D eigenvalue weighted by molar-refractivity contribution is 0.0967. The summed E-state index contributed by atoms with van der Waals surface area (Å²) in [7, 11) is 8.97. The van der Waals surface area contributed by atoms with Crippen molar-refractivity contribution < 1.29 is 38.0 Å². The molecule has 0 saturated heterocycles. The van der Waals surface area contributed by atoms with Crippen molar-refractivity contribution in [1.82, 2.24) is 0 Å². The first kappa shape index (κ1) is 31.6. The fourth-order valence-corrected chi connectivity index (χ4v) is 4.83. The topological polar surface area (TPSA) is 96.0 Å². The van der Waals surface area contributed by atoms with Crippen molar-refractivity contribution in [2.75, 3.05) is 65.5 Å². The van der Waals surface area contributed by atoms with Crippen molar-refractivity contribution >= 4 is 23.2 Å². The average Bonchev–Trinajstić information content (AvgIpc) is 3.08. The van der Waals surface area contributed by atoms with Crippen LogP contribution in [0, 0.1) is 0 Å². The molecule has 4 rings (SSSR count). The van der Waals surface area contributed by atoms with Crippen LogP contribution in [0.25, 0.3) is 0 Å². The van der Waals surface area contributed by atoms with Crippen LogP contribution >= 0.6 is 0 Å². The van der Waals surface area contributed by atoms with E-state index < -0.39 is 0 Å². The largest absolute Gasteiger partial charge is 0.493 e. The van der Waals surface area contributed by atoms with Crippen LogP contribution in [0.1, 0.15) is 20.7 Å². The molecular weight excluding hydrogens is 564 g/mol. The van der Waals surface area contributed by atoms with E-state index in [9.17, 15) is 9.59 Å². The van der Waals surface area contributed by atoms with Crippen LogP contribution < -0.4 is 38.2 Å². The van der Waals surface area contributed by atoms with E-state index in [0.717, 1.165) is 0 Å². The molecule has 0 radical (unpaired) electrons. The van der Waals surface area contributed by atoms with Crippen LogP contribution in [-0.2, 0) is 0 Å². The molecule has 0 fully saturated rings. The van der Waals surface area contributed by atoms with Gasteiger partial charge in [-0.15, -0.1) is 0 Å². The summed E-state index contributed by atoms with van der Waals surface area (Å²) < 4.78 is 32.8. The minimum atomic E-state index is -0.316. The third kappa shape index (κ3) is 6.64. The second-order valence-electron chi connectivity index (χ2n) is 9.41. The van der Waals surface area contributed by atoms with Gasteiger partial charge in [-0.2, -0.15) is 0 Å². The van der Waals surface area contributed by atoms with Crippen molar-refractivity contribution in [3.05, 3.63) is 96.1 Å². The van der Waals surface area contributed by atoms with Gasteiger partial charge < -0.3 is 38.2 Å². The Morgan fingerprint density at radius 1 is 0.477 bits per heavy atom. The smallest absolute Gasteiger partial charge is 0.258 e. The summed E-state index contributed by atoms with van der Waals surface area (Å²) in [5, 5.41) is 0. The molecule has 0 N–H and O–H groups in total. The maximum atomic E-state index is 14.1. The molecule has 44 heavy (non-hydrogen) atoms. The molecule has 0 bridgehead atoms. The fraction of sp³-hybridized carbons (Fsp3) is 0.235. The number of rotatable bonds is 13. The van der Waals surface area contributed by atoms with Gasteiger partial charge in [-0.1, -0.05) is 36.4 Å². The minimum Gasteiger partial charge on any atom is -0.493 e. The summed E-state index contributed by atoms with van der Waals surface area (Å²) in [6, 6.07) is 24.9. The predicted octanol–water partition coefficient (Wildman–Crippen LogP) is 5.73. The van der Waals surface area contributed by atoms with E-state index in [4.69, 9.17) is 28.4 Å². The lowest BCUT2D eigenvalue weighted by atomic mass is 10.1. The highest BCUT2D eigenvalue weighted by Gasteiger charge is 2.26. The number of para-hydroxylation sites is 2. The van der Waals surface area contributed by atoms with Gasteiger partial charge in [0.1, 0.15) is 0 Å². The van der Waals surface area contributed by atoms with Crippen molar-refractivity contribution in [3.63, 3.8) is 0 Å². The van der Waals surface area contributed by atoms with E-state index in [0.29, 0.717) is 57.0 Å². The summed E-state index contributed by atoms with van der Waals surface area (Å²) >= 11 is 0. The molecule has 10 nitrogen and oxygen atoms in total. The Balaban J connectivity index is 1.75. The molecule has 0 aliphatic rings. The van der Waals surface area contributed by atoms with E-state index >= 15 is 0 Å². The van der Waals surface area contributed by atoms with Crippen molar-refractivity contribution in [3.8, 4) is 34.5 Å². The van der Waals surface area contributed by atoms with Crippen LogP contribution in [0.3, 0.4) is 0 Å². The summed E-state index contributed by atoms with van der Waals surface area (Å²) in [6.07, 6.45) is 0. The highest BCUT2D eigenvalue weighted by atomic mass is 16.5. The molecule has 0 aromatic heterocycles. The van der Waals surface area contributed by atoms with Crippen molar-refractivity contribution in [1.29, 1.82) is 0 Å². The molecule has 4 aromatic carbocycles. The molecule has 10 heteroatoms. The van der Waals surface area contributed by atoms with Crippen LogP contribution in [0.5, 0.6) is 34.5 Å². The first-order chi connectivity index (χ1) is 21.4. The second-order valence-corrected chi connectivity index (χ2v) is 9.41. The van der Waals surface area contributed by atoms with Crippen molar-refractivity contribution in [2.45, 2.75) is 0 Å². The zero-order chi connectivity index (χ0) is 31.6. The van der Waals surface area contributed by atoms with Gasteiger partial charge in [0, 0.05) is 35.6 Å². The lowest BCUT2D eigenvalue weighted by Crippen LogP contribution is -2.41. The summed E-state index contributed by atoms with van der Waals surface area (Å²) in [5.74, 6) is 1.54. The number of nitrogens with zero attached hydrogens (tertiary/aromatic N) is 2. The van der Waals surface area contributed by atoms with Gasteiger partial charge in [-0.05, 0) is 48.5 Å². The Hall–Kier alpha value is -5.38. The molecule has 0 unspecified atom stereocenters. The van der Waals surface area contributed by atoms with E-state index in [1.165, 1.54) is 42.7 Å². The van der Waals surface area contributed by atoms with Gasteiger partial charge in [-0.3, -0.25) is 9.59 Å². The van der Waals surface area contributed by atoms with Crippen LogP contribution in [0.4, 0.5) is 11.4 Å². The Kier molecular flexibility index (Phi) is 10.5. The number of methoxy groups -OCH3 is 6. The number of ether oxygens (including phenoxy) is 6. The van der Waals surface area contributed by atoms with Gasteiger partial charge in [0.15, 0.2) is 23.0 Å². The number of benzene rings is 4. The SMILES string of the molecule is COc1cc(C(=O)N(CCN(C(=O)c2cc(OC)c(OC)c(OC)c2)c2ccccc2)c2ccccc2)cc(OC)c1OC. The molecule has 0 aliphatic heterocycles. The van der Waals surface area contributed by atoms with Gasteiger partial charge in [-0.25, -0.2) is 0 Å². The quantitative estimate of drug-likeness (QED) is 0.192. The Morgan fingerprint density at radius 2 is 0.773 bits per heavy atom. The average molecular weight is 601 g/mol. The predicted molar refractivity (Wildman–Crippen MR) is 168 cm³/mol. The zero-order valence-electron chi connectivity index (χ0n) is 25.7. The van der Waals surface area contributed by atoms with Gasteiger partial charge in [0.2, 0.25) is 11.5 Å². The lowest BCUT2D eigenvalue weighted by Gasteiger charge is -2.29. The van der Waals surface area contributed by atoms with Crippen LogP contribution in [-0.4, -0.2) is 67.6 Å². The standard InChI is InChI=1S/C34H36N2O8/c1-39-27-19-23(20-28(40-2)31(27)43-5)33(37)35(25-13-9-7-10-14-25)17-18-36(26-15-11-8-12-16-26)34(38)24-21-29(41-3)32(44-6)30(22-24)42-4/h7-16,19-22H,17-18H2,1-6H3. The summed E-state index contributed by atoms with van der Waals surface area (Å²) in [5.41, 5.74) is 1.95. The number of hydrogen-bond donors (Lipinski definition) is 0. The third-order valence-corrected chi connectivity index (χ3v) is 7.00. The van der Waals surface area contributed by atoms with Crippen molar-refractivity contribution in [2.24, 2.45) is 0 Å². The first-order valence-electron chi connectivity index (χ1n) is 13.7. The minimum absolute atomic E-state index is 0.157. The molecule has 0 aliphatic carbocycles. The Labute approximate surface area is 257 Å². The number of carbonyl (C=O) groups is 2. The molecule has 2 amide bonds. The first-order valence-corrected chi connectivity index (χ1v) is 13.7. The van der Waals surface area contributed by atoms with Crippen LogP contribution in [0.2, 0.25) is 0 Å². The Morgan fingerprint density at radius 3 is 1.02 bits per heavy atom. The summed E-state index contributed by atoms with van der Waals surface area (Å²) in [4.78, 5) is 31.5. The van der Waals surface area contributed by atoms with E-state index in [2.05, 4.69) is 0 Å². The number of carbonyl (C=O) groups excluding carboxylic acids is 2. The molecule has 0 spiro atoms. The molecular formula is C34H36N2O8. The van der Waals surface area contributed by atoms with Gasteiger partial charge in [0.05, 0.1) is 42.7 Å². The second kappa shape index (κ2) is 14.7. The molecule has 4 aromatic rings. The molecule has 230 valence electrons. The highest BCUT2D eigenvalue weighted by Crippen LogP contribution is 2.40. The normalized spacial score (nSPS) is 10.4. The fourth-order valence-electron chi connectivity index (χ4n) is 4.83.